The molecule has 82 valence electrons. The van der Waals surface area contributed by atoms with Crippen molar-refractivity contribution >= 4 is 14.0 Å². The summed E-state index contributed by atoms with van der Waals surface area (Å²) >= 11 is 0. The second-order valence-corrected chi connectivity index (χ2v) is 9.67. The molecule has 0 N–H and O–H groups in total. The molecule has 0 aliphatic carbocycles. The third kappa shape index (κ3) is 5.11. The lowest BCUT2D eigenvalue weighted by atomic mass is 10.3. The van der Waals surface area contributed by atoms with Crippen LogP contribution >= 0.6 is 0 Å². The maximum atomic E-state index is 12.4. The number of halogens is 2. The molecule has 0 bridgehead atoms. The molecular weight excluding hydrogens is 206 g/mol. The molecule has 0 aliphatic rings. The van der Waals surface area contributed by atoms with Gasteiger partial charge in [0, 0.05) is 8.07 Å². The lowest BCUT2D eigenvalue weighted by molar-refractivity contribution is -0.138. The van der Waals surface area contributed by atoms with Gasteiger partial charge in [-0.2, -0.15) is 8.78 Å². The van der Waals surface area contributed by atoms with Gasteiger partial charge in [-0.15, -0.1) is 0 Å². The van der Waals surface area contributed by atoms with Crippen LogP contribution in [0.3, 0.4) is 0 Å². The largest absolute Gasteiger partial charge is 0.462 e. The summed E-state index contributed by atoms with van der Waals surface area (Å²) in [4.78, 5) is 11.1. The third-order valence-corrected chi connectivity index (χ3v) is 2.87. The number of hydrogen-bond donors (Lipinski definition) is 0. The van der Waals surface area contributed by atoms with Crippen molar-refractivity contribution in [1.29, 1.82) is 0 Å². The summed E-state index contributed by atoms with van der Waals surface area (Å²) < 4.78 is 29.4. The smallest absolute Gasteiger partial charge is 0.339 e. The molecule has 0 rings (SSSR count). The van der Waals surface area contributed by atoms with E-state index in [0.29, 0.717) is 0 Å². The number of carbonyl (C=O) groups excluding carboxylic acids is 1. The highest BCUT2D eigenvalue weighted by Gasteiger charge is 2.25. The number of rotatable bonds is 4. The fraction of sp³-hybridized carbons (Fsp3) is 0.667. The predicted molar refractivity (Wildman–Crippen MR) is 54.0 cm³/mol. The Bertz CT molecular complexity index is 240. The number of esters is 1. The van der Waals surface area contributed by atoms with Gasteiger partial charge in [0.2, 0.25) is 0 Å². The van der Waals surface area contributed by atoms with Gasteiger partial charge in [-0.05, 0) is 13.0 Å². The fourth-order valence-corrected chi connectivity index (χ4v) is 2.30. The quantitative estimate of drug-likeness (QED) is 0.415. The second-order valence-electron chi connectivity index (χ2n) is 4.20. The van der Waals surface area contributed by atoms with Gasteiger partial charge >= 0.3 is 5.97 Å². The molecule has 0 heterocycles. The second kappa shape index (κ2) is 5.24. The Kier molecular flexibility index (Phi) is 4.97. The molecule has 0 fully saturated rings. The molecule has 14 heavy (non-hydrogen) atoms. The normalized spacial score (nSPS) is 11.0. The highest BCUT2D eigenvalue weighted by atomic mass is 28.3. The Hall–Kier alpha value is -0.713. The van der Waals surface area contributed by atoms with E-state index in [1.54, 1.807) is 6.92 Å². The van der Waals surface area contributed by atoms with Gasteiger partial charge in [0.15, 0.2) is 0 Å². The molecule has 0 unspecified atom stereocenters. The molecule has 0 saturated heterocycles. The van der Waals surface area contributed by atoms with E-state index in [1.807, 2.05) is 19.6 Å². The SMILES string of the molecule is CCOC(=O)C(C[Si](C)(C)C)=C(F)F. The number of hydrogen-bond acceptors (Lipinski definition) is 2. The Labute approximate surface area is 84.0 Å². The van der Waals surface area contributed by atoms with E-state index in [4.69, 9.17) is 0 Å². The van der Waals surface area contributed by atoms with Gasteiger partial charge in [0.1, 0.15) is 0 Å². The summed E-state index contributed by atoms with van der Waals surface area (Å²) in [5.74, 6) is -0.880. The van der Waals surface area contributed by atoms with Gasteiger partial charge in [0.25, 0.3) is 6.08 Å². The van der Waals surface area contributed by atoms with Crippen LogP contribution in [0.1, 0.15) is 6.92 Å². The van der Waals surface area contributed by atoms with Crippen LogP contribution in [-0.2, 0) is 9.53 Å². The summed E-state index contributed by atoms with van der Waals surface area (Å²) in [6.45, 7) is 7.50. The number of carbonyl (C=O) groups is 1. The van der Waals surface area contributed by atoms with Gasteiger partial charge in [-0.1, -0.05) is 19.6 Å². The molecule has 0 aromatic heterocycles. The molecule has 0 aromatic rings. The van der Waals surface area contributed by atoms with E-state index in [9.17, 15) is 13.6 Å². The van der Waals surface area contributed by atoms with Gasteiger partial charge < -0.3 is 4.74 Å². The van der Waals surface area contributed by atoms with Crippen LogP contribution in [0.2, 0.25) is 25.7 Å². The molecule has 0 aliphatic heterocycles. The molecule has 0 atom stereocenters. The Balaban J connectivity index is 4.65. The minimum Gasteiger partial charge on any atom is -0.462 e. The third-order valence-electron chi connectivity index (χ3n) is 1.46. The zero-order valence-electron chi connectivity index (χ0n) is 8.99. The van der Waals surface area contributed by atoms with Crippen LogP contribution < -0.4 is 0 Å². The molecule has 2 nitrogen and oxygen atoms in total. The van der Waals surface area contributed by atoms with Crippen LogP contribution in [0, 0.1) is 0 Å². The van der Waals surface area contributed by atoms with E-state index >= 15 is 0 Å². The van der Waals surface area contributed by atoms with E-state index in [0.717, 1.165) is 0 Å². The Morgan fingerprint density at radius 1 is 1.29 bits per heavy atom. The van der Waals surface area contributed by atoms with Crippen LogP contribution in [-0.4, -0.2) is 20.7 Å². The first-order valence-corrected chi connectivity index (χ1v) is 8.20. The molecule has 0 spiro atoms. The topological polar surface area (TPSA) is 26.3 Å². The Morgan fingerprint density at radius 3 is 2.07 bits per heavy atom. The van der Waals surface area contributed by atoms with Crippen LogP contribution in [0.25, 0.3) is 0 Å². The summed E-state index contributed by atoms with van der Waals surface area (Å²) in [6.07, 6.45) is -1.91. The Morgan fingerprint density at radius 2 is 1.79 bits per heavy atom. The molecule has 0 saturated carbocycles. The summed E-state index contributed by atoms with van der Waals surface area (Å²) in [6, 6.07) is 0.161. The average Bonchev–Trinajstić information content (AvgIpc) is 1.98. The summed E-state index contributed by atoms with van der Waals surface area (Å²) in [5, 5.41) is 0. The van der Waals surface area contributed by atoms with Crippen molar-refractivity contribution < 1.29 is 18.3 Å². The number of ether oxygens (including phenoxy) is 1. The lowest BCUT2D eigenvalue weighted by Gasteiger charge is -2.16. The van der Waals surface area contributed by atoms with Gasteiger partial charge in [-0.3, -0.25) is 0 Å². The van der Waals surface area contributed by atoms with Crippen molar-refractivity contribution in [3.63, 3.8) is 0 Å². The maximum Gasteiger partial charge on any atom is 0.339 e. The van der Waals surface area contributed by atoms with Gasteiger partial charge in [-0.25, -0.2) is 4.79 Å². The molecule has 5 heteroatoms. The first-order valence-electron chi connectivity index (χ1n) is 4.49. The monoisotopic (exact) mass is 222 g/mol. The zero-order chi connectivity index (χ0) is 11.4. The van der Waals surface area contributed by atoms with Crippen molar-refractivity contribution in [3.05, 3.63) is 11.7 Å². The molecule has 0 amide bonds. The highest BCUT2D eigenvalue weighted by molar-refractivity contribution is 6.77. The fourth-order valence-electron chi connectivity index (χ4n) is 0.965. The zero-order valence-corrected chi connectivity index (χ0v) is 9.99. The summed E-state index contributed by atoms with van der Waals surface area (Å²) in [5.41, 5.74) is -0.453. The lowest BCUT2D eigenvalue weighted by Crippen LogP contribution is -2.23. The maximum absolute atomic E-state index is 12.4. The van der Waals surface area contributed by atoms with E-state index in [-0.39, 0.29) is 12.7 Å². The minimum atomic E-state index is -1.91. The predicted octanol–water partition coefficient (Wildman–Crippen LogP) is 3.04. The first-order chi connectivity index (χ1) is 6.28. The average molecular weight is 222 g/mol. The van der Waals surface area contributed by atoms with E-state index in [2.05, 4.69) is 4.74 Å². The van der Waals surface area contributed by atoms with E-state index in [1.165, 1.54) is 0 Å². The highest BCUT2D eigenvalue weighted by Crippen LogP contribution is 2.22. The first kappa shape index (κ1) is 13.3. The van der Waals surface area contributed by atoms with Crippen LogP contribution in [0.5, 0.6) is 0 Å². The van der Waals surface area contributed by atoms with E-state index < -0.39 is 25.7 Å². The van der Waals surface area contributed by atoms with Crippen molar-refractivity contribution in [2.45, 2.75) is 32.6 Å². The van der Waals surface area contributed by atoms with Crippen molar-refractivity contribution in [2.75, 3.05) is 6.61 Å². The van der Waals surface area contributed by atoms with Crippen LogP contribution in [0.4, 0.5) is 8.78 Å². The minimum absolute atomic E-state index is 0.126. The molecule has 0 radical (unpaired) electrons. The van der Waals surface area contributed by atoms with Crippen molar-refractivity contribution in [1.82, 2.24) is 0 Å². The van der Waals surface area contributed by atoms with Gasteiger partial charge in [0.05, 0.1) is 12.2 Å². The summed E-state index contributed by atoms with van der Waals surface area (Å²) in [7, 11) is -1.71. The standard InChI is InChI=1S/C9H16F2O2Si/c1-5-13-9(12)7(8(10)11)6-14(2,3)4/h5-6H2,1-4H3. The van der Waals surface area contributed by atoms with Crippen LogP contribution in [0.15, 0.2) is 11.7 Å². The molecule has 0 aromatic carbocycles. The molecular formula is C9H16F2O2Si. The van der Waals surface area contributed by atoms with Crippen molar-refractivity contribution in [3.8, 4) is 0 Å². The van der Waals surface area contributed by atoms with Crippen molar-refractivity contribution in [2.24, 2.45) is 0 Å².